The third-order valence-corrected chi connectivity index (χ3v) is 8.71. The van der Waals surface area contributed by atoms with Crippen molar-refractivity contribution in [3.63, 3.8) is 0 Å². The number of hydrogen-bond donors (Lipinski definition) is 1. The first-order chi connectivity index (χ1) is 16.9. The number of hydrogen-bond acceptors (Lipinski definition) is 6. The highest BCUT2D eigenvalue weighted by Gasteiger charge is 2.76. The fourth-order valence-corrected chi connectivity index (χ4v) is 6.25. The summed E-state index contributed by atoms with van der Waals surface area (Å²) < 4.78 is 67.1. The van der Waals surface area contributed by atoms with Gasteiger partial charge in [0.2, 0.25) is 11.8 Å². The number of fused-ring (bicyclic) bond motifs is 5. The van der Waals surface area contributed by atoms with E-state index in [9.17, 15) is 27.6 Å². The van der Waals surface area contributed by atoms with Crippen molar-refractivity contribution in [2.45, 2.75) is 43.7 Å². The molecule has 3 amide bonds. The molecule has 1 N–H and O–H groups in total. The first-order valence-electron chi connectivity index (χ1n) is 11.4. The van der Waals surface area contributed by atoms with Crippen LogP contribution in [0.3, 0.4) is 0 Å². The Morgan fingerprint density at radius 1 is 1.24 bits per heavy atom. The summed E-state index contributed by atoms with van der Waals surface area (Å²) in [5.41, 5.74) is -6.31. The molecule has 3 saturated heterocycles. The SMILES string of the molecule is C[C@]12O[C@](C)(C[C@H]1NC(=O)OCCS(C)(C)C)[C@H]1C(=O)N(c3ccc(C#N)c(C(F)(F)F)c3F)C(=O)[C@H]12. The minimum Gasteiger partial charge on any atom is -0.449 e. The zero-order valence-corrected chi connectivity index (χ0v) is 21.7. The zero-order valence-electron chi connectivity index (χ0n) is 20.9. The van der Waals surface area contributed by atoms with Gasteiger partial charge in [0.25, 0.3) is 0 Å². The molecule has 8 nitrogen and oxygen atoms in total. The number of rotatable bonds is 5. The lowest BCUT2D eigenvalue weighted by Crippen LogP contribution is -2.56. The average Bonchev–Trinajstić information content (AvgIpc) is 3.26. The van der Waals surface area contributed by atoms with Gasteiger partial charge in [0.15, 0.2) is 5.82 Å². The van der Waals surface area contributed by atoms with Crippen molar-refractivity contribution in [3.05, 3.63) is 29.1 Å². The number of carbonyl (C=O) groups excluding carboxylic acids is 3. The standard InChI is InChI=1S/C24H27F4N3O5S/c1-22-10-14(30-21(34)35-8-9-37(3,4)5)23(2,36-22)17-16(22)19(32)31(20(17)33)13-7-6-12(11-29)15(18(13)25)24(26,27)28/h6-7,14,16-17H,8-10H2,1-5H3,(H,30,34)/t14-,16-,17+,22-,23+/m1/s1. The lowest BCUT2D eigenvalue weighted by atomic mass is 9.66. The van der Waals surface area contributed by atoms with Gasteiger partial charge in [-0.05, 0) is 44.7 Å². The molecule has 2 bridgehead atoms. The van der Waals surface area contributed by atoms with Crippen LogP contribution in [-0.2, 0) is 25.2 Å². The quantitative estimate of drug-likeness (QED) is 0.448. The predicted octanol–water partition coefficient (Wildman–Crippen LogP) is 3.56. The molecule has 0 spiro atoms. The second kappa shape index (κ2) is 8.59. The van der Waals surface area contributed by atoms with Crippen LogP contribution in [0.2, 0.25) is 0 Å². The van der Waals surface area contributed by atoms with Crippen molar-refractivity contribution in [2.75, 3.05) is 36.0 Å². The number of carbonyl (C=O) groups is 3. The van der Waals surface area contributed by atoms with Crippen molar-refractivity contribution < 1.29 is 41.4 Å². The van der Waals surface area contributed by atoms with Gasteiger partial charge in [0.1, 0.15) is 12.2 Å². The van der Waals surface area contributed by atoms with Gasteiger partial charge in [0.05, 0.1) is 46.4 Å². The molecule has 1 aromatic rings. The molecule has 3 fully saturated rings. The average molecular weight is 546 g/mol. The number of anilines is 1. The summed E-state index contributed by atoms with van der Waals surface area (Å²) in [5.74, 6) is -5.28. The second-order valence-electron chi connectivity index (χ2n) is 10.8. The number of nitrogens with zero attached hydrogens (tertiary/aromatic N) is 2. The Morgan fingerprint density at radius 2 is 1.86 bits per heavy atom. The van der Waals surface area contributed by atoms with E-state index in [4.69, 9.17) is 14.7 Å². The minimum absolute atomic E-state index is 0.140. The predicted molar refractivity (Wildman–Crippen MR) is 127 cm³/mol. The Labute approximate surface area is 212 Å². The summed E-state index contributed by atoms with van der Waals surface area (Å²) in [4.78, 5) is 39.7. The molecule has 3 aliphatic heterocycles. The van der Waals surface area contributed by atoms with Gasteiger partial charge < -0.3 is 14.8 Å². The van der Waals surface area contributed by atoms with Gasteiger partial charge >= 0.3 is 12.3 Å². The Balaban J connectivity index is 1.63. The van der Waals surface area contributed by atoms with Crippen molar-refractivity contribution in [1.82, 2.24) is 5.32 Å². The molecular formula is C24H27F4N3O5S. The maximum absolute atomic E-state index is 15.1. The molecule has 0 aromatic heterocycles. The Morgan fingerprint density at radius 3 is 2.43 bits per heavy atom. The fraction of sp³-hybridized carbons (Fsp3) is 0.583. The third kappa shape index (κ3) is 4.33. The number of nitriles is 1. The molecule has 0 unspecified atom stereocenters. The smallest absolute Gasteiger partial charge is 0.420 e. The monoisotopic (exact) mass is 545 g/mol. The van der Waals surface area contributed by atoms with Gasteiger partial charge in [0, 0.05) is 12.2 Å². The molecule has 5 atom stereocenters. The Bertz CT molecular complexity index is 1230. The minimum atomic E-state index is -5.23. The molecular weight excluding hydrogens is 518 g/mol. The lowest BCUT2D eigenvalue weighted by Gasteiger charge is -2.35. The number of amides is 3. The zero-order chi connectivity index (χ0) is 27.7. The Hall–Kier alpha value is -2.85. The highest BCUT2D eigenvalue weighted by molar-refractivity contribution is 8.32. The van der Waals surface area contributed by atoms with Crippen LogP contribution in [0.15, 0.2) is 12.1 Å². The maximum atomic E-state index is 15.1. The van der Waals surface area contributed by atoms with Crippen LogP contribution in [-0.4, -0.2) is 66.3 Å². The number of imide groups is 1. The normalized spacial score (nSPS) is 31.4. The third-order valence-electron chi connectivity index (χ3n) is 7.32. The van der Waals surface area contributed by atoms with Gasteiger partial charge in [-0.3, -0.25) is 9.59 Å². The van der Waals surface area contributed by atoms with E-state index in [0.29, 0.717) is 10.7 Å². The number of halogens is 4. The van der Waals surface area contributed by atoms with E-state index in [2.05, 4.69) is 24.1 Å². The van der Waals surface area contributed by atoms with E-state index in [1.54, 1.807) is 6.92 Å². The summed E-state index contributed by atoms with van der Waals surface area (Å²) >= 11 is 0. The van der Waals surface area contributed by atoms with Crippen molar-refractivity contribution in [3.8, 4) is 6.07 Å². The lowest BCUT2D eigenvalue weighted by molar-refractivity contribution is -0.140. The number of nitrogens with one attached hydrogen (secondary N) is 1. The molecule has 1 aromatic carbocycles. The molecule has 3 aliphatic rings. The first kappa shape index (κ1) is 27.2. The topological polar surface area (TPSA) is 109 Å². The molecule has 13 heteroatoms. The molecule has 3 heterocycles. The van der Waals surface area contributed by atoms with E-state index in [1.807, 2.05) is 0 Å². The van der Waals surface area contributed by atoms with Crippen LogP contribution in [0.5, 0.6) is 0 Å². The second-order valence-corrected chi connectivity index (χ2v) is 15.4. The van der Waals surface area contributed by atoms with E-state index in [-0.39, 0.29) is 13.0 Å². The molecule has 0 aliphatic carbocycles. The first-order valence-corrected chi connectivity index (χ1v) is 14.4. The molecule has 4 rings (SSSR count). The highest BCUT2D eigenvalue weighted by Crippen LogP contribution is 2.61. The largest absolute Gasteiger partial charge is 0.449 e. The summed E-state index contributed by atoms with van der Waals surface area (Å²) in [5, 5.41) is 11.7. The van der Waals surface area contributed by atoms with Crippen LogP contribution < -0.4 is 10.2 Å². The van der Waals surface area contributed by atoms with Gasteiger partial charge in [-0.15, -0.1) is 0 Å². The van der Waals surface area contributed by atoms with E-state index < -0.39 is 85.8 Å². The van der Waals surface area contributed by atoms with E-state index in [0.717, 1.165) is 12.1 Å². The molecule has 37 heavy (non-hydrogen) atoms. The van der Waals surface area contributed by atoms with Crippen LogP contribution in [0.1, 0.15) is 31.4 Å². The maximum Gasteiger partial charge on any atom is 0.420 e. The summed E-state index contributed by atoms with van der Waals surface area (Å²) in [6.45, 7) is 3.32. The number of alkyl halides is 3. The van der Waals surface area contributed by atoms with Crippen LogP contribution in [0.4, 0.5) is 28.0 Å². The van der Waals surface area contributed by atoms with Gasteiger partial charge in [-0.1, -0.05) is 0 Å². The van der Waals surface area contributed by atoms with Crippen LogP contribution >= 0.6 is 10.0 Å². The molecule has 0 radical (unpaired) electrons. The van der Waals surface area contributed by atoms with Gasteiger partial charge in [-0.25, -0.2) is 24.1 Å². The van der Waals surface area contributed by atoms with Crippen molar-refractivity contribution in [2.24, 2.45) is 11.8 Å². The van der Waals surface area contributed by atoms with Crippen LogP contribution in [0, 0.1) is 29.0 Å². The Kier molecular flexibility index (Phi) is 6.31. The molecule has 202 valence electrons. The van der Waals surface area contributed by atoms with Crippen molar-refractivity contribution >= 4 is 33.6 Å². The van der Waals surface area contributed by atoms with E-state index >= 15 is 4.39 Å². The summed E-state index contributed by atoms with van der Waals surface area (Å²) in [6.07, 6.45) is 0.416. The van der Waals surface area contributed by atoms with Gasteiger partial charge in [-0.2, -0.15) is 18.4 Å². The summed E-state index contributed by atoms with van der Waals surface area (Å²) in [6, 6.07) is 2.10. The number of ether oxygens (including phenoxy) is 2. The van der Waals surface area contributed by atoms with Crippen LogP contribution in [0.25, 0.3) is 0 Å². The fourth-order valence-electron chi connectivity index (χ4n) is 5.66. The molecule has 0 saturated carbocycles. The van der Waals surface area contributed by atoms with E-state index in [1.165, 1.54) is 13.0 Å². The number of benzene rings is 1. The highest BCUT2D eigenvalue weighted by atomic mass is 32.3. The van der Waals surface area contributed by atoms with Crippen molar-refractivity contribution in [1.29, 1.82) is 5.26 Å². The number of alkyl carbamates (subject to hydrolysis) is 1. The summed E-state index contributed by atoms with van der Waals surface area (Å²) in [7, 11) is -0.892.